The van der Waals surface area contributed by atoms with Crippen LogP contribution in [0, 0.1) is 5.92 Å². The summed E-state index contributed by atoms with van der Waals surface area (Å²) in [7, 11) is 1.81. The number of nitrogens with zero attached hydrogens (tertiary/aromatic N) is 2. The lowest BCUT2D eigenvalue weighted by Crippen LogP contribution is -2.38. The minimum atomic E-state index is 0.514. The Morgan fingerprint density at radius 1 is 1.33 bits per heavy atom. The average molecular weight is 373 g/mol. The maximum atomic E-state index is 5.71. The molecule has 150 valence electrons. The molecular formula is C22H36N4O. The van der Waals surface area contributed by atoms with Crippen LogP contribution in [0.1, 0.15) is 38.2 Å². The number of hydrogen-bond acceptors (Lipinski definition) is 3. The van der Waals surface area contributed by atoms with Crippen molar-refractivity contribution >= 4 is 5.96 Å². The molecule has 1 aliphatic heterocycles. The number of nitrogens with one attached hydrogen (secondary N) is 2. The van der Waals surface area contributed by atoms with Gasteiger partial charge in [-0.3, -0.25) is 4.99 Å². The van der Waals surface area contributed by atoms with E-state index in [0.717, 1.165) is 36.2 Å². The lowest BCUT2D eigenvalue weighted by Gasteiger charge is -2.30. The van der Waals surface area contributed by atoms with E-state index in [0.29, 0.717) is 13.2 Å². The Bertz CT molecular complexity index is 587. The van der Waals surface area contributed by atoms with E-state index in [1.807, 2.05) is 25.2 Å². The molecule has 5 nitrogen and oxygen atoms in total. The number of ether oxygens (including phenoxy) is 1. The van der Waals surface area contributed by atoms with Crippen molar-refractivity contribution in [2.24, 2.45) is 10.9 Å². The molecule has 2 rings (SSSR count). The molecule has 0 amide bonds. The van der Waals surface area contributed by atoms with Gasteiger partial charge in [0.05, 0.1) is 0 Å². The molecule has 1 aromatic rings. The fourth-order valence-electron chi connectivity index (χ4n) is 3.50. The fourth-order valence-corrected chi connectivity index (χ4v) is 3.50. The highest BCUT2D eigenvalue weighted by Gasteiger charge is 2.15. The van der Waals surface area contributed by atoms with Gasteiger partial charge in [0.2, 0.25) is 0 Å². The first kappa shape index (κ1) is 21.3. The molecule has 5 heteroatoms. The first-order valence-corrected chi connectivity index (χ1v) is 10.2. The third kappa shape index (κ3) is 8.04. The Balaban J connectivity index is 1.65. The Labute approximate surface area is 164 Å². The van der Waals surface area contributed by atoms with E-state index in [9.17, 15) is 0 Å². The number of unbranched alkanes of at least 4 members (excludes halogenated alkanes) is 1. The number of likely N-dealkylation sites (tertiary alicyclic amines) is 1. The van der Waals surface area contributed by atoms with Crippen LogP contribution in [0.3, 0.4) is 0 Å². The summed E-state index contributed by atoms with van der Waals surface area (Å²) < 4.78 is 5.71. The van der Waals surface area contributed by atoms with Gasteiger partial charge in [0.15, 0.2) is 5.96 Å². The molecule has 1 aliphatic rings. The number of benzene rings is 1. The van der Waals surface area contributed by atoms with Gasteiger partial charge >= 0.3 is 0 Å². The molecule has 0 bridgehead atoms. The second-order valence-corrected chi connectivity index (χ2v) is 7.32. The Hall–Kier alpha value is -2.01. The van der Waals surface area contributed by atoms with Gasteiger partial charge in [-0.05, 0) is 50.8 Å². The summed E-state index contributed by atoms with van der Waals surface area (Å²) in [6, 6.07) is 8.06. The Kier molecular flexibility index (Phi) is 9.77. The maximum Gasteiger partial charge on any atom is 0.191 e. The molecule has 27 heavy (non-hydrogen) atoms. The summed E-state index contributed by atoms with van der Waals surface area (Å²) in [5, 5.41) is 6.78. The molecule has 0 aromatic heterocycles. The van der Waals surface area contributed by atoms with E-state index >= 15 is 0 Å². The van der Waals surface area contributed by atoms with Crippen molar-refractivity contribution in [3.63, 3.8) is 0 Å². The van der Waals surface area contributed by atoms with E-state index in [4.69, 9.17) is 4.74 Å². The molecule has 1 heterocycles. The van der Waals surface area contributed by atoms with Crippen LogP contribution in [-0.4, -0.2) is 50.7 Å². The molecule has 0 saturated carbocycles. The number of para-hydroxylation sites is 1. The minimum absolute atomic E-state index is 0.514. The van der Waals surface area contributed by atoms with Crippen molar-refractivity contribution in [1.82, 2.24) is 15.5 Å². The maximum absolute atomic E-state index is 5.71. The molecule has 2 N–H and O–H groups in total. The molecule has 0 aliphatic carbocycles. The van der Waals surface area contributed by atoms with Crippen molar-refractivity contribution in [3.05, 3.63) is 42.5 Å². The summed E-state index contributed by atoms with van der Waals surface area (Å²) in [6.07, 6.45) is 6.89. The van der Waals surface area contributed by atoms with Gasteiger partial charge in [0.25, 0.3) is 0 Å². The summed E-state index contributed by atoms with van der Waals surface area (Å²) >= 11 is 0. The van der Waals surface area contributed by atoms with Crippen LogP contribution in [-0.2, 0) is 6.54 Å². The minimum Gasteiger partial charge on any atom is -0.489 e. The van der Waals surface area contributed by atoms with Crippen molar-refractivity contribution in [2.45, 2.75) is 39.2 Å². The zero-order chi connectivity index (χ0) is 19.3. The predicted octanol–water partition coefficient (Wildman–Crippen LogP) is 3.43. The molecule has 0 radical (unpaired) electrons. The van der Waals surface area contributed by atoms with Crippen LogP contribution in [0.25, 0.3) is 0 Å². The molecule has 1 aromatic carbocycles. The zero-order valence-corrected chi connectivity index (χ0v) is 17.0. The van der Waals surface area contributed by atoms with E-state index in [1.54, 1.807) is 6.08 Å². The normalized spacial score (nSPS) is 18.1. The number of rotatable bonds is 10. The van der Waals surface area contributed by atoms with Gasteiger partial charge in [-0.25, -0.2) is 0 Å². The van der Waals surface area contributed by atoms with Crippen LogP contribution in [0.5, 0.6) is 5.75 Å². The number of guanidine groups is 1. The first-order chi connectivity index (χ1) is 13.2. The van der Waals surface area contributed by atoms with Crippen LogP contribution >= 0.6 is 0 Å². The second kappa shape index (κ2) is 12.4. The van der Waals surface area contributed by atoms with Gasteiger partial charge < -0.3 is 20.3 Å². The third-order valence-electron chi connectivity index (χ3n) is 4.93. The highest BCUT2D eigenvalue weighted by atomic mass is 16.5. The fraction of sp³-hybridized carbons (Fsp3) is 0.591. The van der Waals surface area contributed by atoms with Crippen LogP contribution in [0.2, 0.25) is 0 Å². The van der Waals surface area contributed by atoms with Gasteiger partial charge in [0.1, 0.15) is 12.4 Å². The van der Waals surface area contributed by atoms with Crippen LogP contribution < -0.4 is 15.4 Å². The van der Waals surface area contributed by atoms with Gasteiger partial charge in [-0.15, -0.1) is 0 Å². The monoisotopic (exact) mass is 372 g/mol. The van der Waals surface area contributed by atoms with E-state index in [1.165, 1.54) is 38.9 Å². The molecule has 1 atom stereocenters. The van der Waals surface area contributed by atoms with Gasteiger partial charge in [-0.1, -0.05) is 37.8 Å². The zero-order valence-electron chi connectivity index (χ0n) is 17.0. The number of aliphatic imine (C=N–C) groups is 1. The lowest BCUT2D eigenvalue weighted by molar-refractivity contribution is 0.181. The van der Waals surface area contributed by atoms with Gasteiger partial charge in [0, 0.05) is 32.2 Å². The van der Waals surface area contributed by atoms with Crippen molar-refractivity contribution in [2.75, 3.05) is 39.8 Å². The standard InChI is InChI=1S/C22H36N4O/c1-4-16-27-21-12-6-5-11-20(21)17-25-22(23-3)24-13-7-8-14-26-15-9-10-19(2)18-26/h4-6,11-12,19H,1,7-10,13-18H2,2-3H3,(H2,23,24,25). The molecule has 1 fully saturated rings. The number of piperidine rings is 1. The number of hydrogen-bond donors (Lipinski definition) is 2. The highest BCUT2D eigenvalue weighted by molar-refractivity contribution is 5.79. The van der Waals surface area contributed by atoms with Crippen molar-refractivity contribution in [3.8, 4) is 5.75 Å². The van der Waals surface area contributed by atoms with E-state index in [-0.39, 0.29) is 0 Å². The topological polar surface area (TPSA) is 48.9 Å². The predicted molar refractivity (Wildman–Crippen MR) is 114 cm³/mol. The quantitative estimate of drug-likeness (QED) is 0.286. The van der Waals surface area contributed by atoms with E-state index in [2.05, 4.69) is 40.1 Å². The molecule has 1 saturated heterocycles. The molecular weight excluding hydrogens is 336 g/mol. The first-order valence-electron chi connectivity index (χ1n) is 10.2. The van der Waals surface area contributed by atoms with Crippen LogP contribution in [0.15, 0.2) is 41.9 Å². The summed E-state index contributed by atoms with van der Waals surface area (Å²) in [4.78, 5) is 6.93. The largest absolute Gasteiger partial charge is 0.489 e. The average Bonchev–Trinajstić information content (AvgIpc) is 2.69. The van der Waals surface area contributed by atoms with E-state index < -0.39 is 0 Å². The second-order valence-electron chi connectivity index (χ2n) is 7.32. The SMILES string of the molecule is C=CCOc1ccccc1CNC(=NC)NCCCCN1CCCC(C)C1. The highest BCUT2D eigenvalue weighted by Crippen LogP contribution is 2.17. The molecule has 1 unspecified atom stereocenters. The van der Waals surface area contributed by atoms with Crippen LogP contribution in [0.4, 0.5) is 0 Å². The third-order valence-corrected chi connectivity index (χ3v) is 4.93. The van der Waals surface area contributed by atoms with Crippen molar-refractivity contribution < 1.29 is 4.74 Å². The Morgan fingerprint density at radius 3 is 2.96 bits per heavy atom. The summed E-state index contributed by atoms with van der Waals surface area (Å²) in [6.45, 7) is 12.0. The Morgan fingerprint density at radius 2 is 2.19 bits per heavy atom. The lowest BCUT2D eigenvalue weighted by atomic mass is 10.0. The van der Waals surface area contributed by atoms with Gasteiger partial charge in [-0.2, -0.15) is 0 Å². The van der Waals surface area contributed by atoms with Crippen molar-refractivity contribution in [1.29, 1.82) is 0 Å². The smallest absolute Gasteiger partial charge is 0.191 e. The summed E-state index contributed by atoms with van der Waals surface area (Å²) in [5.74, 6) is 2.58. The molecule has 0 spiro atoms. The summed E-state index contributed by atoms with van der Waals surface area (Å²) in [5.41, 5.74) is 1.11.